The Balaban J connectivity index is 1.70. The first-order valence-corrected chi connectivity index (χ1v) is 9.19. The monoisotopic (exact) mass is 390 g/mol. The number of aromatic nitrogens is 1. The van der Waals surface area contributed by atoms with Crippen molar-refractivity contribution in [1.29, 1.82) is 0 Å². The first-order valence-electron chi connectivity index (χ1n) is 9.19. The summed E-state index contributed by atoms with van der Waals surface area (Å²) in [5, 5.41) is 0.895. The van der Waals surface area contributed by atoms with Crippen LogP contribution < -0.4 is 5.56 Å². The molecule has 4 rings (SSSR count). The third-order valence-electron chi connectivity index (χ3n) is 4.74. The summed E-state index contributed by atoms with van der Waals surface area (Å²) in [7, 11) is 0. The molecule has 2 aromatic carbocycles. The summed E-state index contributed by atoms with van der Waals surface area (Å²) in [5.74, 6) is -0.512. The van der Waals surface area contributed by atoms with Crippen molar-refractivity contribution in [3.63, 3.8) is 0 Å². The SMILES string of the molecule is Cc1ccc2[nH]c(=O)c(CN(Cc3ccc(F)cc3)C(=O)c3ccco3)cc2c1. The lowest BCUT2D eigenvalue weighted by atomic mass is 10.1. The molecule has 29 heavy (non-hydrogen) atoms. The first kappa shape index (κ1) is 18.7. The predicted octanol–water partition coefficient (Wildman–Crippen LogP) is 4.41. The molecular weight excluding hydrogens is 371 g/mol. The van der Waals surface area contributed by atoms with Crippen LogP contribution in [0.3, 0.4) is 0 Å². The number of amides is 1. The van der Waals surface area contributed by atoms with E-state index in [0.717, 1.165) is 22.0 Å². The van der Waals surface area contributed by atoms with Gasteiger partial charge in [-0.3, -0.25) is 9.59 Å². The molecule has 0 bridgehead atoms. The summed E-state index contributed by atoms with van der Waals surface area (Å²) >= 11 is 0. The van der Waals surface area contributed by atoms with Gasteiger partial charge >= 0.3 is 0 Å². The molecule has 0 spiro atoms. The zero-order valence-corrected chi connectivity index (χ0v) is 15.8. The largest absolute Gasteiger partial charge is 0.459 e. The van der Waals surface area contributed by atoms with E-state index < -0.39 is 0 Å². The van der Waals surface area contributed by atoms with Gasteiger partial charge < -0.3 is 14.3 Å². The average Bonchev–Trinajstić information content (AvgIpc) is 3.24. The fourth-order valence-corrected chi connectivity index (χ4v) is 3.26. The number of nitrogens with one attached hydrogen (secondary N) is 1. The molecule has 0 aliphatic carbocycles. The number of furan rings is 1. The molecule has 0 atom stereocenters. The number of fused-ring (bicyclic) bond motifs is 1. The number of rotatable bonds is 5. The maximum Gasteiger partial charge on any atom is 0.290 e. The Labute approximate surface area is 166 Å². The van der Waals surface area contributed by atoms with E-state index >= 15 is 0 Å². The van der Waals surface area contributed by atoms with Crippen molar-refractivity contribution < 1.29 is 13.6 Å². The molecule has 2 heterocycles. The van der Waals surface area contributed by atoms with E-state index in [-0.39, 0.29) is 36.1 Å². The lowest BCUT2D eigenvalue weighted by Gasteiger charge is -2.22. The number of carbonyl (C=O) groups excluding carboxylic acids is 1. The highest BCUT2D eigenvalue weighted by molar-refractivity contribution is 5.91. The van der Waals surface area contributed by atoms with E-state index in [1.165, 1.54) is 23.3 Å². The van der Waals surface area contributed by atoms with Gasteiger partial charge in [0.2, 0.25) is 0 Å². The van der Waals surface area contributed by atoms with Crippen molar-refractivity contribution in [3.8, 4) is 0 Å². The average molecular weight is 390 g/mol. The molecule has 0 saturated carbocycles. The van der Waals surface area contributed by atoms with Gasteiger partial charge in [-0.05, 0) is 60.3 Å². The molecule has 4 aromatic rings. The van der Waals surface area contributed by atoms with Gasteiger partial charge in [0, 0.05) is 17.6 Å². The van der Waals surface area contributed by atoms with Crippen LogP contribution >= 0.6 is 0 Å². The van der Waals surface area contributed by atoms with Crippen molar-refractivity contribution in [3.05, 3.63) is 106 Å². The molecule has 5 nitrogen and oxygen atoms in total. The molecular formula is C23H19FN2O3. The molecule has 0 unspecified atom stereocenters. The predicted molar refractivity (Wildman–Crippen MR) is 108 cm³/mol. The topological polar surface area (TPSA) is 66.3 Å². The lowest BCUT2D eigenvalue weighted by Crippen LogP contribution is -2.32. The van der Waals surface area contributed by atoms with E-state index in [9.17, 15) is 14.0 Å². The van der Waals surface area contributed by atoms with Crippen LogP contribution in [-0.4, -0.2) is 15.8 Å². The number of carbonyl (C=O) groups is 1. The number of benzene rings is 2. The minimum Gasteiger partial charge on any atom is -0.459 e. The molecule has 6 heteroatoms. The molecule has 0 aliphatic heterocycles. The summed E-state index contributed by atoms with van der Waals surface area (Å²) in [6, 6.07) is 16.7. The third-order valence-corrected chi connectivity index (χ3v) is 4.74. The number of nitrogens with zero attached hydrogens (tertiary/aromatic N) is 1. The highest BCUT2D eigenvalue weighted by Gasteiger charge is 2.20. The van der Waals surface area contributed by atoms with Gasteiger partial charge in [-0.25, -0.2) is 4.39 Å². The van der Waals surface area contributed by atoms with Gasteiger partial charge in [-0.15, -0.1) is 0 Å². The summed E-state index contributed by atoms with van der Waals surface area (Å²) in [5.41, 5.74) is 2.78. The minimum absolute atomic E-state index is 0.0934. The zero-order valence-electron chi connectivity index (χ0n) is 15.8. The molecule has 0 saturated heterocycles. The number of halogens is 1. The van der Waals surface area contributed by atoms with Gasteiger partial charge in [-0.2, -0.15) is 0 Å². The maximum atomic E-state index is 13.2. The molecule has 1 N–H and O–H groups in total. The highest BCUT2D eigenvalue weighted by Crippen LogP contribution is 2.17. The van der Waals surface area contributed by atoms with Gasteiger partial charge in [0.1, 0.15) is 5.82 Å². The second-order valence-electron chi connectivity index (χ2n) is 6.98. The van der Waals surface area contributed by atoms with E-state index in [1.54, 1.807) is 30.3 Å². The van der Waals surface area contributed by atoms with Crippen LogP contribution in [0.1, 0.15) is 27.2 Å². The zero-order chi connectivity index (χ0) is 20.4. The van der Waals surface area contributed by atoms with E-state index in [2.05, 4.69) is 4.98 Å². The molecule has 0 aliphatic rings. The number of pyridine rings is 1. The first-order chi connectivity index (χ1) is 14.0. The quantitative estimate of drug-likeness (QED) is 0.549. The minimum atomic E-state index is -0.348. The molecule has 1 amide bonds. The van der Waals surface area contributed by atoms with Crippen LogP contribution in [0.15, 0.2) is 76.1 Å². The number of hydrogen-bond donors (Lipinski definition) is 1. The van der Waals surface area contributed by atoms with E-state index in [0.29, 0.717) is 5.56 Å². The smallest absolute Gasteiger partial charge is 0.290 e. The standard InChI is InChI=1S/C23H19FN2O3/c1-15-4-9-20-17(11-15)12-18(22(27)25-20)14-26(23(28)21-3-2-10-29-21)13-16-5-7-19(24)8-6-16/h2-12H,13-14H2,1H3,(H,25,27). The Kier molecular flexibility index (Phi) is 4.99. The molecule has 146 valence electrons. The summed E-state index contributed by atoms with van der Waals surface area (Å²) in [6.45, 7) is 2.28. The van der Waals surface area contributed by atoms with Crippen molar-refractivity contribution in [2.45, 2.75) is 20.0 Å². The lowest BCUT2D eigenvalue weighted by molar-refractivity contribution is 0.0697. The summed E-state index contributed by atoms with van der Waals surface area (Å²) in [6.07, 6.45) is 1.43. The Morgan fingerprint density at radius 3 is 2.59 bits per heavy atom. The summed E-state index contributed by atoms with van der Waals surface area (Å²) in [4.78, 5) is 29.9. The fraction of sp³-hybridized carbons (Fsp3) is 0.130. The summed E-state index contributed by atoms with van der Waals surface area (Å²) < 4.78 is 18.5. The molecule has 0 fully saturated rings. The van der Waals surface area contributed by atoms with E-state index in [4.69, 9.17) is 4.42 Å². The Morgan fingerprint density at radius 2 is 1.86 bits per heavy atom. The van der Waals surface area contributed by atoms with Crippen LogP contribution in [0.25, 0.3) is 10.9 Å². The number of H-pyrrole nitrogens is 1. The molecule has 2 aromatic heterocycles. The van der Waals surface area contributed by atoms with E-state index in [1.807, 2.05) is 25.1 Å². The van der Waals surface area contributed by atoms with Gasteiger partial charge in [-0.1, -0.05) is 23.8 Å². The second-order valence-corrected chi connectivity index (χ2v) is 6.98. The number of hydrogen-bond acceptors (Lipinski definition) is 3. The maximum absolute atomic E-state index is 13.2. The molecule has 0 radical (unpaired) electrons. The van der Waals surface area contributed by atoms with Gasteiger partial charge in [0.15, 0.2) is 5.76 Å². The van der Waals surface area contributed by atoms with Crippen LogP contribution in [0.5, 0.6) is 0 Å². The van der Waals surface area contributed by atoms with Crippen molar-refractivity contribution in [1.82, 2.24) is 9.88 Å². The van der Waals surface area contributed by atoms with Gasteiger partial charge in [0.05, 0.1) is 12.8 Å². The number of aryl methyl sites for hydroxylation is 1. The van der Waals surface area contributed by atoms with Crippen LogP contribution in [0.2, 0.25) is 0 Å². The Bertz CT molecular complexity index is 1210. The Morgan fingerprint density at radius 1 is 1.07 bits per heavy atom. The fourth-order valence-electron chi connectivity index (χ4n) is 3.26. The number of aromatic amines is 1. The van der Waals surface area contributed by atoms with Gasteiger partial charge in [0.25, 0.3) is 11.5 Å². The van der Waals surface area contributed by atoms with Crippen LogP contribution in [0.4, 0.5) is 4.39 Å². The highest BCUT2D eigenvalue weighted by atomic mass is 19.1. The third kappa shape index (κ3) is 4.11. The van der Waals surface area contributed by atoms with Crippen LogP contribution in [0, 0.1) is 12.7 Å². The van der Waals surface area contributed by atoms with Crippen molar-refractivity contribution in [2.75, 3.05) is 0 Å². The van der Waals surface area contributed by atoms with Crippen molar-refractivity contribution in [2.24, 2.45) is 0 Å². The normalized spacial score (nSPS) is 11.0. The van der Waals surface area contributed by atoms with Crippen molar-refractivity contribution >= 4 is 16.8 Å². The Hall–Kier alpha value is -3.67. The van der Waals surface area contributed by atoms with Crippen LogP contribution in [-0.2, 0) is 13.1 Å². The second kappa shape index (κ2) is 7.75.